The van der Waals surface area contributed by atoms with Gasteiger partial charge < -0.3 is 9.47 Å². The van der Waals surface area contributed by atoms with Gasteiger partial charge in [0.25, 0.3) is 0 Å². The Morgan fingerprint density at radius 3 is 2.25 bits per heavy atom. The first-order valence-electron chi connectivity index (χ1n) is 9.71. The second-order valence-corrected chi connectivity index (χ2v) is 6.84. The lowest BCUT2D eigenvalue weighted by Gasteiger charge is -2.07. The number of esters is 1. The molecule has 0 amide bonds. The van der Waals surface area contributed by atoms with Gasteiger partial charge in [-0.05, 0) is 69.4 Å². The molecule has 0 radical (unpaired) electrons. The van der Waals surface area contributed by atoms with E-state index in [0.29, 0.717) is 18.8 Å². The first-order chi connectivity index (χ1) is 13.5. The second-order valence-electron chi connectivity index (χ2n) is 6.84. The predicted octanol–water partition coefficient (Wildman–Crippen LogP) is 5.80. The number of aliphatic imine (C=N–C) groups is 1. The van der Waals surface area contributed by atoms with Gasteiger partial charge in [0.15, 0.2) is 0 Å². The van der Waals surface area contributed by atoms with Gasteiger partial charge in [0, 0.05) is 11.8 Å². The summed E-state index contributed by atoms with van der Waals surface area (Å²) >= 11 is 0. The Morgan fingerprint density at radius 1 is 0.964 bits per heavy atom. The number of unbranched alkanes of at least 4 members (excludes halogenated alkanes) is 3. The molecule has 0 bridgehead atoms. The molecule has 0 spiro atoms. The van der Waals surface area contributed by atoms with E-state index in [9.17, 15) is 4.79 Å². The monoisotopic (exact) mass is 379 g/mol. The fourth-order valence-corrected chi connectivity index (χ4v) is 2.47. The summed E-state index contributed by atoms with van der Waals surface area (Å²) in [4.78, 5) is 15.7. The van der Waals surface area contributed by atoms with Crippen LogP contribution in [-0.2, 0) is 9.53 Å². The zero-order valence-electron chi connectivity index (χ0n) is 16.8. The molecule has 0 aliphatic heterocycles. The highest BCUT2D eigenvalue weighted by Gasteiger charge is 2.02. The third kappa shape index (κ3) is 8.21. The molecular weight excluding hydrogens is 350 g/mol. The van der Waals surface area contributed by atoms with Crippen LogP contribution in [0.15, 0.2) is 65.7 Å². The van der Waals surface area contributed by atoms with E-state index in [-0.39, 0.29) is 5.97 Å². The molecule has 0 saturated heterocycles. The zero-order chi connectivity index (χ0) is 20.2. The highest BCUT2D eigenvalue weighted by atomic mass is 16.5. The quantitative estimate of drug-likeness (QED) is 0.214. The molecule has 0 atom stereocenters. The predicted molar refractivity (Wildman–Crippen MR) is 115 cm³/mol. The number of hydrogen-bond donors (Lipinski definition) is 0. The summed E-state index contributed by atoms with van der Waals surface area (Å²) in [6.45, 7) is 8.42. The summed E-state index contributed by atoms with van der Waals surface area (Å²) < 4.78 is 10.8. The largest absolute Gasteiger partial charge is 0.494 e. The van der Waals surface area contributed by atoms with Gasteiger partial charge in [-0.3, -0.25) is 4.99 Å². The Hall–Kier alpha value is -2.88. The van der Waals surface area contributed by atoms with E-state index < -0.39 is 0 Å². The summed E-state index contributed by atoms with van der Waals surface area (Å²) in [5.74, 6) is 0.541. The molecule has 4 nitrogen and oxygen atoms in total. The summed E-state index contributed by atoms with van der Waals surface area (Å²) in [6.07, 6.45) is 5.76. The molecular formula is C24H29NO3. The standard InChI is InChI=1S/C24H29NO3/c1-19(2)24(26)28-17-7-5-4-6-16-27-23-14-12-22(13-15-23)25-18-21-10-8-20(3)9-11-21/h8-15,18H,1,4-7,16-17H2,2-3H3. The number of benzene rings is 2. The number of rotatable bonds is 11. The maximum atomic E-state index is 11.2. The van der Waals surface area contributed by atoms with Crippen molar-refractivity contribution in [3.05, 3.63) is 71.8 Å². The number of carbonyl (C=O) groups excluding carboxylic acids is 1. The van der Waals surface area contributed by atoms with Gasteiger partial charge in [-0.1, -0.05) is 36.4 Å². The number of aryl methyl sites for hydroxylation is 1. The van der Waals surface area contributed by atoms with Crippen LogP contribution in [0.5, 0.6) is 5.75 Å². The minimum Gasteiger partial charge on any atom is -0.494 e. The molecule has 0 aliphatic carbocycles. The van der Waals surface area contributed by atoms with Crippen molar-refractivity contribution in [2.45, 2.75) is 39.5 Å². The zero-order valence-corrected chi connectivity index (χ0v) is 16.8. The Balaban J connectivity index is 1.60. The van der Waals surface area contributed by atoms with Gasteiger partial charge in [0.05, 0.1) is 18.9 Å². The van der Waals surface area contributed by atoms with Crippen LogP contribution in [0.2, 0.25) is 0 Å². The first-order valence-corrected chi connectivity index (χ1v) is 9.71. The van der Waals surface area contributed by atoms with E-state index in [1.807, 2.05) is 30.5 Å². The minimum absolute atomic E-state index is 0.310. The van der Waals surface area contributed by atoms with E-state index in [2.05, 4.69) is 42.8 Å². The fraction of sp³-hybridized carbons (Fsp3) is 0.333. The number of hydrogen-bond acceptors (Lipinski definition) is 4. The average molecular weight is 380 g/mol. The van der Waals surface area contributed by atoms with Crippen molar-refractivity contribution in [2.75, 3.05) is 13.2 Å². The molecule has 0 aliphatic rings. The van der Waals surface area contributed by atoms with Crippen LogP contribution in [-0.4, -0.2) is 25.4 Å². The van der Waals surface area contributed by atoms with Crippen molar-refractivity contribution < 1.29 is 14.3 Å². The lowest BCUT2D eigenvalue weighted by Crippen LogP contribution is -2.06. The van der Waals surface area contributed by atoms with E-state index >= 15 is 0 Å². The maximum Gasteiger partial charge on any atom is 0.333 e. The van der Waals surface area contributed by atoms with Gasteiger partial charge in [0.1, 0.15) is 5.75 Å². The Bertz CT molecular complexity index is 777. The van der Waals surface area contributed by atoms with Crippen LogP contribution in [0.25, 0.3) is 0 Å². The third-order valence-electron chi connectivity index (χ3n) is 4.17. The lowest BCUT2D eigenvalue weighted by molar-refractivity contribution is -0.139. The molecule has 2 rings (SSSR count). The van der Waals surface area contributed by atoms with Crippen LogP contribution in [0.4, 0.5) is 5.69 Å². The normalized spacial score (nSPS) is 10.8. The van der Waals surface area contributed by atoms with Crippen molar-refractivity contribution in [3.63, 3.8) is 0 Å². The maximum absolute atomic E-state index is 11.2. The van der Waals surface area contributed by atoms with Crippen LogP contribution >= 0.6 is 0 Å². The Kier molecular flexibility index (Phi) is 8.99. The number of carbonyl (C=O) groups is 1. The van der Waals surface area contributed by atoms with Crippen molar-refractivity contribution in [1.29, 1.82) is 0 Å². The van der Waals surface area contributed by atoms with Gasteiger partial charge >= 0.3 is 5.97 Å². The average Bonchev–Trinajstić information content (AvgIpc) is 2.70. The van der Waals surface area contributed by atoms with Gasteiger partial charge in [-0.25, -0.2) is 4.79 Å². The molecule has 28 heavy (non-hydrogen) atoms. The summed E-state index contributed by atoms with van der Waals surface area (Å²) in [6, 6.07) is 16.1. The van der Waals surface area contributed by atoms with Crippen LogP contribution < -0.4 is 4.74 Å². The molecule has 2 aromatic carbocycles. The molecule has 2 aromatic rings. The molecule has 0 saturated carbocycles. The molecule has 0 unspecified atom stereocenters. The van der Waals surface area contributed by atoms with Crippen molar-refractivity contribution >= 4 is 17.9 Å². The van der Waals surface area contributed by atoms with Crippen molar-refractivity contribution in [3.8, 4) is 5.75 Å². The Morgan fingerprint density at radius 2 is 1.61 bits per heavy atom. The lowest BCUT2D eigenvalue weighted by atomic mass is 10.2. The SMILES string of the molecule is C=C(C)C(=O)OCCCCCCOc1ccc(N=Cc2ccc(C)cc2)cc1. The molecule has 0 fully saturated rings. The molecule has 4 heteroatoms. The molecule has 0 N–H and O–H groups in total. The van der Waals surface area contributed by atoms with Crippen molar-refractivity contribution in [2.24, 2.45) is 4.99 Å². The van der Waals surface area contributed by atoms with Gasteiger partial charge in [-0.15, -0.1) is 0 Å². The fourth-order valence-electron chi connectivity index (χ4n) is 2.47. The molecule has 0 aromatic heterocycles. The summed E-state index contributed by atoms with van der Waals surface area (Å²) in [7, 11) is 0. The summed E-state index contributed by atoms with van der Waals surface area (Å²) in [5.41, 5.74) is 3.67. The third-order valence-corrected chi connectivity index (χ3v) is 4.17. The molecule has 0 heterocycles. The van der Waals surface area contributed by atoms with Crippen LogP contribution in [0.3, 0.4) is 0 Å². The van der Waals surface area contributed by atoms with Crippen LogP contribution in [0.1, 0.15) is 43.7 Å². The van der Waals surface area contributed by atoms with Crippen LogP contribution in [0, 0.1) is 6.92 Å². The summed E-state index contributed by atoms with van der Waals surface area (Å²) in [5, 5.41) is 0. The van der Waals surface area contributed by atoms with E-state index in [1.54, 1.807) is 6.92 Å². The highest BCUT2D eigenvalue weighted by Crippen LogP contribution is 2.18. The van der Waals surface area contributed by atoms with Gasteiger partial charge in [0.2, 0.25) is 0 Å². The molecule has 148 valence electrons. The van der Waals surface area contributed by atoms with E-state index in [4.69, 9.17) is 9.47 Å². The van der Waals surface area contributed by atoms with E-state index in [1.165, 1.54) is 5.56 Å². The Labute approximate surface area is 167 Å². The number of nitrogens with zero attached hydrogens (tertiary/aromatic N) is 1. The first kappa shape index (κ1) is 21.4. The highest BCUT2D eigenvalue weighted by molar-refractivity contribution is 5.86. The van der Waals surface area contributed by atoms with Gasteiger partial charge in [-0.2, -0.15) is 0 Å². The second kappa shape index (κ2) is 11.8. The van der Waals surface area contributed by atoms with E-state index in [0.717, 1.165) is 42.7 Å². The minimum atomic E-state index is -0.310. The van der Waals surface area contributed by atoms with Crippen molar-refractivity contribution in [1.82, 2.24) is 0 Å². The smallest absolute Gasteiger partial charge is 0.333 e. The topological polar surface area (TPSA) is 47.9 Å². The number of ether oxygens (including phenoxy) is 2.